The van der Waals surface area contributed by atoms with Crippen LogP contribution < -0.4 is 5.73 Å². The van der Waals surface area contributed by atoms with Crippen molar-refractivity contribution in [2.45, 2.75) is 76.0 Å². The molecule has 4 aliphatic rings. The molecule has 0 saturated heterocycles. The molecule has 0 aromatic heterocycles. The molecule has 6 rings (SSSR count). The maximum Gasteiger partial charge on any atom is 0.262 e. The molecule has 1 atom stereocenters. The molecule has 2 aromatic rings. The highest BCUT2D eigenvalue weighted by Gasteiger charge is 2.66. The molecule has 36 heavy (non-hydrogen) atoms. The van der Waals surface area contributed by atoms with Crippen molar-refractivity contribution in [1.29, 1.82) is 0 Å². The van der Waals surface area contributed by atoms with Gasteiger partial charge in [0.2, 0.25) is 0 Å². The minimum atomic E-state index is -0.992. The summed E-state index contributed by atoms with van der Waals surface area (Å²) in [5.41, 5.74) is 10.2. The van der Waals surface area contributed by atoms with Crippen LogP contribution in [0.4, 0.5) is 5.69 Å². The fourth-order valence-electron chi connectivity index (χ4n) is 6.92. The van der Waals surface area contributed by atoms with Crippen LogP contribution in [-0.4, -0.2) is 30.0 Å². The van der Waals surface area contributed by atoms with E-state index in [1.165, 1.54) is 30.4 Å². The van der Waals surface area contributed by atoms with E-state index in [2.05, 4.69) is 23.0 Å². The van der Waals surface area contributed by atoms with Crippen LogP contribution >= 0.6 is 0 Å². The third-order valence-corrected chi connectivity index (χ3v) is 9.18. The number of benzene rings is 2. The van der Waals surface area contributed by atoms with Gasteiger partial charge in [0.15, 0.2) is 17.2 Å². The van der Waals surface area contributed by atoms with Crippen molar-refractivity contribution in [3.63, 3.8) is 0 Å². The maximum absolute atomic E-state index is 14.5. The summed E-state index contributed by atoms with van der Waals surface area (Å²) >= 11 is 0. The minimum absolute atomic E-state index is 0.0336. The number of hydrogen-bond acceptors (Lipinski definition) is 4. The van der Waals surface area contributed by atoms with E-state index >= 15 is 0 Å². The van der Waals surface area contributed by atoms with Gasteiger partial charge < -0.3 is 10.5 Å². The summed E-state index contributed by atoms with van der Waals surface area (Å²) < 4.78 is 5.69. The summed E-state index contributed by atoms with van der Waals surface area (Å²) in [5, 5.41) is 0. The third kappa shape index (κ3) is 3.56. The van der Waals surface area contributed by atoms with Crippen molar-refractivity contribution in [2.75, 3.05) is 7.11 Å². The van der Waals surface area contributed by atoms with Crippen molar-refractivity contribution in [2.24, 2.45) is 22.1 Å². The van der Waals surface area contributed by atoms with Gasteiger partial charge in [-0.15, -0.1) is 0 Å². The number of nitrogens with two attached hydrogens (primary N) is 1. The number of para-hydroxylation sites is 1. The van der Waals surface area contributed by atoms with E-state index in [0.29, 0.717) is 5.69 Å². The van der Waals surface area contributed by atoms with Gasteiger partial charge in [0.1, 0.15) is 0 Å². The second-order valence-electron chi connectivity index (χ2n) is 11.2. The molecule has 6 nitrogen and oxygen atoms in total. The molecule has 1 unspecified atom stereocenters. The van der Waals surface area contributed by atoms with Crippen LogP contribution in [0.2, 0.25) is 0 Å². The molecule has 6 heteroatoms. The van der Waals surface area contributed by atoms with Crippen LogP contribution in [0.5, 0.6) is 0 Å². The molecule has 2 N–H and O–H groups in total. The second kappa shape index (κ2) is 8.74. The number of rotatable bonds is 6. The highest BCUT2D eigenvalue weighted by molar-refractivity contribution is 6.08. The zero-order valence-electron chi connectivity index (χ0n) is 21.0. The van der Waals surface area contributed by atoms with Crippen LogP contribution in [-0.2, 0) is 34.5 Å². The number of guanidine groups is 1. The molecular weight excluding hydrogens is 448 g/mol. The van der Waals surface area contributed by atoms with Crippen molar-refractivity contribution < 1.29 is 9.53 Å². The molecule has 2 saturated carbocycles. The Morgan fingerprint density at radius 2 is 1.94 bits per heavy atom. The first-order valence-electron chi connectivity index (χ1n) is 13.3. The first kappa shape index (κ1) is 23.2. The average Bonchev–Trinajstić information content (AvgIpc) is 3.66. The van der Waals surface area contributed by atoms with Gasteiger partial charge >= 0.3 is 0 Å². The van der Waals surface area contributed by atoms with Gasteiger partial charge in [-0.05, 0) is 73.1 Å². The summed E-state index contributed by atoms with van der Waals surface area (Å²) in [6.45, 7) is 7.82. The Morgan fingerprint density at radius 1 is 1.17 bits per heavy atom. The lowest BCUT2D eigenvalue weighted by molar-refractivity contribution is -0.138. The SMILES string of the molecule is [C-]#[N+]c1ccccc1CN1C(=O)C2(N=C1N)c1cc(CCC3CC3)ccc1CC21CCC(OC)CC1. The van der Waals surface area contributed by atoms with E-state index in [-0.39, 0.29) is 29.9 Å². The highest BCUT2D eigenvalue weighted by atomic mass is 16.5. The molecule has 1 aliphatic heterocycles. The summed E-state index contributed by atoms with van der Waals surface area (Å²) in [6, 6.07) is 14.2. The molecule has 3 aliphatic carbocycles. The molecule has 2 spiro atoms. The Balaban J connectivity index is 1.41. The predicted octanol–water partition coefficient (Wildman–Crippen LogP) is 5.26. The zero-order chi connectivity index (χ0) is 24.9. The number of fused-ring (bicyclic) bond motifs is 3. The first-order valence-corrected chi connectivity index (χ1v) is 13.3. The average molecular weight is 483 g/mol. The summed E-state index contributed by atoms with van der Waals surface area (Å²) in [6.07, 6.45) is 9.63. The van der Waals surface area contributed by atoms with Gasteiger partial charge in [-0.3, -0.25) is 9.69 Å². The lowest BCUT2D eigenvalue weighted by atomic mass is 9.61. The number of methoxy groups -OCH3 is 1. The third-order valence-electron chi connectivity index (χ3n) is 9.18. The van der Waals surface area contributed by atoms with E-state index in [1.54, 1.807) is 18.1 Å². The Morgan fingerprint density at radius 3 is 2.67 bits per heavy atom. The summed E-state index contributed by atoms with van der Waals surface area (Å²) in [4.78, 5) is 24.9. The van der Waals surface area contributed by atoms with E-state index in [1.807, 2.05) is 18.2 Å². The normalized spacial score (nSPS) is 29.0. The molecule has 186 valence electrons. The monoisotopic (exact) mass is 482 g/mol. The lowest BCUT2D eigenvalue weighted by Gasteiger charge is -2.45. The number of carbonyl (C=O) groups is 1. The fraction of sp³-hybridized carbons (Fsp3) is 0.500. The van der Waals surface area contributed by atoms with Crippen molar-refractivity contribution >= 4 is 17.6 Å². The topological polar surface area (TPSA) is 72.3 Å². The second-order valence-corrected chi connectivity index (χ2v) is 11.2. The standard InChI is InChI=1S/C30H34N4O2/c1-32-26-6-4-3-5-23(26)19-34-27(35)30(33-28(34)31)25-17-21(10-9-20-7-8-20)11-12-22(25)18-29(30)15-13-24(36-2)14-16-29/h3-6,11-12,17,20,24H,7-10,13-16,18-19H2,2H3,(H2,31,33). The molecule has 0 radical (unpaired) electrons. The number of hydrogen-bond donors (Lipinski definition) is 1. The van der Waals surface area contributed by atoms with Gasteiger partial charge in [0.05, 0.1) is 12.7 Å². The summed E-state index contributed by atoms with van der Waals surface area (Å²) in [5.74, 6) is 1.10. The van der Waals surface area contributed by atoms with Crippen molar-refractivity contribution in [1.82, 2.24) is 4.90 Å². The number of aryl methyl sites for hydroxylation is 1. The Kier molecular flexibility index (Phi) is 5.64. The minimum Gasteiger partial charge on any atom is -0.381 e. The Labute approximate surface area is 213 Å². The van der Waals surface area contributed by atoms with Crippen LogP contribution in [0.3, 0.4) is 0 Å². The quantitative estimate of drug-likeness (QED) is 0.571. The zero-order valence-corrected chi connectivity index (χ0v) is 21.0. The van der Waals surface area contributed by atoms with Gasteiger partial charge in [-0.2, -0.15) is 0 Å². The lowest BCUT2D eigenvalue weighted by Crippen LogP contribution is -2.52. The van der Waals surface area contributed by atoms with Crippen LogP contribution in [0.25, 0.3) is 4.85 Å². The maximum atomic E-state index is 14.5. The van der Waals surface area contributed by atoms with Crippen molar-refractivity contribution in [3.8, 4) is 0 Å². The van der Waals surface area contributed by atoms with Gasteiger partial charge in [0.25, 0.3) is 5.91 Å². The molecule has 2 fully saturated rings. The van der Waals surface area contributed by atoms with Gasteiger partial charge in [-0.25, -0.2) is 9.84 Å². The largest absolute Gasteiger partial charge is 0.381 e. The van der Waals surface area contributed by atoms with Crippen molar-refractivity contribution in [3.05, 3.63) is 76.1 Å². The molecular formula is C30H34N4O2. The number of carbonyl (C=O) groups excluding carboxylic acids is 1. The summed E-state index contributed by atoms with van der Waals surface area (Å²) in [7, 11) is 1.78. The highest BCUT2D eigenvalue weighted by Crippen LogP contribution is 2.62. The Hall–Kier alpha value is -3.17. The van der Waals surface area contributed by atoms with Gasteiger partial charge in [0, 0.05) is 19.1 Å². The van der Waals surface area contributed by atoms with E-state index in [4.69, 9.17) is 22.0 Å². The number of aliphatic imine (C=N–C) groups is 1. The number of ether oxygens (including phenoxy) is 1. The van der Waals surface area contributed by atoms with E-state index in [9.17, 15) is 4.79 Å². The van der Waals surface area contributed by atoms with Crippen LogP contribution in [0, 0.1) is 17.9 Å². The number of amides is 1. The van der Waals surface area contributed by atoms with E-state index in [0.717, 1.165) is 55.6 Å². The fourth-order valence-corrected chi connectivity index (χ4v) is 6.92. The number of nitrogens with zero attached hydrogens (tertiary/aromatic N) is 3. The smallest absolute Gasteiger partial charge is 0.262 e. The van der Waals surface area contributed by atoms with Gasteiger partial charge in [-0.1, -0.05) is 55.3 Å². The van der Waals surface area contributed by atoms with Crippen LogP contribution in [0.1, 0.15) is 67.2 Å². The van der Waals surface area contributed by atoms with E-state index < -0.39 is 5.54 Å². The Bertz CT molecular complexity index is 1270. The first-order chi connectivity index (χ1) is 17.5. The molecule has 0 bridgehead atoms. The predicted molar refractivity (Wildman–Crippen MR) is 139 cm³/mol. The molecule has 2 aromatic carbocycles. The molecule has 1 amide bonds. The van der Waals surface area contributed by atoms with Crippen LogP contribution in [0.15, 0.2) is 47.5 Å². The molecule has 1 heterocycles.